The van der Waals surface area contributed by atoms with E-state index in [0.717, 1.165) is 27.9 Å². The second-order valence-electron chi connectivity index (χ2n) is 5.87. The number of amides is 1. The maximum atomic E-state index is 12.1. The monoisotopic (exact) mass is 347 g/mol. The maximum Gasteiger partial charge on any atom is 0.413 e. The average Bonchev–Trinajstić information content (AvgIpc) is 2.67. The SMILES string of the molecule is CNc1cnc(NC(=O)OCc2ccccc2)cc1-c1ccccc1C. The van der Waals surface area contributed by atoms with Crippen LogP contribution in [0.4, 0.5) is 16.3 Å². The van der Waals surface area contributed by atoms with Crippen molar-refractivity contribution in [2.75, 3.05) is 17.7 Å². The first-order valence-corrected chi connectivity index (χ1v) is 8.39. The van der Waals surface area contributed by atoms with E-state index in [1.54, 1.807) is 6.20 Å². The van der Waals surface area contributed by atoms with Crippen LogP contribution < -0.4 is 10.6 Å². The van der Waals surface area contributed by atoms with Gasteiger partial charge in [-0.15, -0.1) is 0 Å². The van der Waals surface area contributed by atoms with E-state index in [-0.39, 0.29) is 6.61 Å². The lowest BCUT2D eigenvalue weighted by Crippen LogP contribution is -2.14. The zero-order chi connectivity index (χ0) is 18.4. The third-order valence-corrected chi connectivity index (χ3v) is 4.05. The molecule has 0 aliphatic carbocycles. The van der Waals surface area contributed by atoms with E-state index >= 15 is 0 Å². The van der Waals surface area contributed by atoms with Gasteiger partial charge in [0.25, 0.3) is 0 Å². The quantitative estimate of drug-likeness (QED) is 0.693. The van der Waals surface area contributed by atoms with E-state index < -0.39 is 6.09 Å². The number of hydrogen-bond acceptors (Lipinski definition) is 4. The molecule has 1 aromatic heterocycles. The summed E-state index contributed by atoms with van der Waals surface area (Å²) in [5.41, 5.74) is 5.02. The highest BCUT2D eigenvalue weighted by atomic mass is 16.5. The molecule has 0 unspecified atom stereocenters. The highest BCUT2D eigenvalue weighted by Crippen LogP contribution is 2.31. The molecule has 2 N–H and O–H groups in total. The molecule has 0 saturated heterocycles. The third-order valence-electron chi connectivity index (χ3n) is 4.05. The summed E-state index contributed by atoms with van der Waals surface area (Å²) < 4.78 is 5.25. The van der Waals surface area contributed by atoms with Gasteiger partial charge in [0.2, 0.25) is 0 Å². The Morgan fingerprint density at radius 3 is 2.50 bits per heavy atom. The summed E-state index contributed by atoms with van der Waals surface area (Å²) in [5, 5.41) is 5.84. The molecule has 1 amide bonds. The van der Waals surface area contributed by atoms with Gasteiger partial charge in [0, 0.05) is 12.6 Å². The van der Waals surface area contributed by atoms with Gasteiger partial charge in [-0.1, -0.05) is 54.6 Å². The molecule has 132 valence electrons. The molecule has 26 heavy (non-hydrogen) atoms. The van der Waals surface area contributed by atoms with Crippen LogP contribution in [0.2, 0.25) is 0 Å². The van der Waals surface area contributed by atoms with Crippen LogP contribution in [0.5, 0.6) is 0 Å². The number of rotatable bonds is 5. The minimum Gasteiger partial charge on any atom is -0.444 e. The number of aromatic nitrogens is 1. The summed E-state index contributed by atoms with van der Waals surface area (Å²) in [4.78, 5) is 16.4. The first kappa shape index (κ1) is 17.5. The van der Waals surface area contributed by atoms with Crippen LogP contribution in [0, 0.1) is 6.92 Å². The zero-order valence-electron chi connectivity index (χ0n) is 14.8. The van der Waals surface area contributed by atoms with Crippen molar-refractivity contribution in [3.8, 4) is 11.1 Å². The van der Waals surface area contributed by atoms with E-state index in [1.165, 1.54) is 0 Å². The molecule has 5 heteroatoms. The van der Waals surface area contributed by atoms with Crippen LogP contribution in [-0.2, 0) is 11.3 Å². The number of carbonyl (C=O) groups excluding carboxylic acids is 1. The average molecular weight is 347 g/mol. The molecule has 5 nitrogen and oxygen atoms in total. The summed E-state index contributed by atoms with van der Waals surface area (Å²) >= 11 is 0. The summed E-state index contributed by atoms with van der Waals surface area (Å²) in [5.74, 6) is 0.445. The van der Waals surface area contributed by atoms with E-state index in [0.29, 0.717) is 5.82 Å². The van der Waals surface area contributed by atoms with Gasteiger partial charge >= 0.3 is 6.09 Å². The van der Waals surface area contributed by atoms with Gasteiger partial charge in [-0.3, -0.25) is 5.32 Å². The standard InChI is InChI=1S/C21H21N3O2/c1-15-8-6-7-11-17(15)18-12-20(23-13-19(18)22-2)24-21(25)26-14-16-9-4-3-5-10-16/h3-13,22H,14H2,1-2H3,(H,23,24,25). The molecule has 0 spiro atoms. The number of hydrogen-bond donors (Lipinski definition) is 2. The Kier molecular flexibility index (Phi) is 5.49. The van der Waals surface area contributed by atoms with Crippen molar-refractivity contribution in [2.24, 2.45) is 0 Å². The number of pyridine rings is 1. The number of benzene rings is 2. The Labute approximate surface area is 153 Å². The van der Waals surface area contributed by atoms with Gasteiger partial charge in [0.05, 0.1) is 11.9 Å². The Bertz CT molecular complexity index is 895. The van der Waals surface area contributed by atoms with Crippen molar-refractivity contribution in [3.63, 3.8) is 0 Å². The van der Waals surface area contributed by atoms with Crippen molar-refractivity contribution < 1.29 is 9.53 Å². The Balaban J connectivity index is 1.75. The van der Waals surface area contributed by atoms with Crippen LogP contribution in [0.25, 0.3) is 11.1 Å². The van der Waals surface area contributed by atoms with Gasteiger partial charge in [-0.2, -0.15) is 0 Å². The number of carbonyl (C=O) groups is 1. The van der Waals surface area contributed by atoms with Crippen molar-refractivity contribution in [1.82, 2.24) is 4.98 Å². The van der Waals surface area contributed by atoms with E-state index in [1.807, 2.05) is 61.6 Å². The molecule has 2 aromatic carbocycles. The third kappa shape index (κ3) is 4.19. The van der Waals surface area contributed by atoms with Crippen molar-refractivity contribution in [2.45, 2.75) is 13.5 Å². The zero-order valence-corrected chi connectivity index (χ0v) is 14.8. The number of anilines is 2. The molecule has 0 aliphatic heterocycles. The van der Waals surface area contributed by atoms with Gasteiger partial charge in [0.15, 0.2) is 0 Å². The van der Waals surface area contributed by atoms with Crippen LogP contribution in [-0.4, -0.2) is 18.1 Å². The molecular weight excluding hydrogens is 326 g/mol. The lowest BCUT2D eigenvalue weighted by Gasteiger charge is -2.13. The Morgan fingerprint density at radius 2 is 1.77 bits per heavy atom. The van der Waals surface area contributed by atoms with E-state index in [4.69, 9.17) is 4.74 Å². The van der Waals surface area contributed by atoms with Crippen LogP contribution in [0.3, 0.4) is 0 Å². The van der Waals surface area contributed by atoms with Gasteiger partial charge in [-0.05, 0) is 29.7 Å². The number of nitrogens with zero attached hydrogens (tertiary/aromatic N) is 1. The number of nitrogens with one attached hydrogen (secondary N) is 2. The lowest BCUT2D eigenvalue weighted by atomic mass is 10.00. The fraction of sp³-hybridized carbons (Fsp3) is 0.143. The second-order valence-corrected chi connectivity index (χ2v) is 5.87. The lowest BCUT2D eigenvalue weighted by molar-refractivity contribution is 0.155. The van der Waals surface area contributed by atoms with Crippen LogP contribution in [0.1, 0.15) is 11.1 Å². The summed E-state index contributed by atoms with van der Waals surface area (Å²) in [7, 11) is 1.85. The maximum absolute atomic E-state index is 12.1. The Hall–Kier alpha value is -3.34. The predicted octanol–water partition coefficient (Wildman–Crippen LogP) is 4.85. The van der Waals surface area contributed by atoms with Gasteiger partial charge < -0.3 is 10.1 Å². The number of ether oxygens (including phenoxy) is 1. The van der Waals surface area contributed by atoms with Crippen LogP contribution in [0.15, 0.2) is 66.9 Å². The second kappa shape index (κ2) is 8.16. The normalized spacial score (nSPS) is 10.2. The Morgan fingerprint density at radius 1 is 1.04 bits per heavy atom. The number of aryl methyl sites for hydroxylation is 1. The van der Waals surface area contributed by atoms with Crippen molar-refractivity contribution >= 4 is 17.6 Å². The highest BCUT2D eigenvalue weighted by molar-refractivity contribution is 5.87. The predicted molar refractivity (Wildman–Crippen MR) is 104 cm³/mol. The summed E-state index contributed by atoms with van der Waals surface area (Å²) in [6.07, 6.45) is 1.17. The minimum atomic E-state index is -0.533. The van der Waals surface area contributed by atoms with Gasteiger partial charge in [-0.25, -0.2) is 9.78 Å². The summed E-state index contributed by atoms with van der Waals surface area (Å²) in [6.45, 7) is 2.27. The molecule has 0 saturated carbocycles. The molecule has 0 fully saturated rings. The molecule has 0 aliphatic rings. The molecule has 3 rings (SSSR count). The first-order valence-electron chi connectivity index (χ1n) is 8.39. The van der Waals surface area contributed by atoms with Crippen molar-refractivity contribution in [3.05, 3.63) is 78.0 Å². The molecular formula is C21H21N3O2. The topological polar surface area (TPSA) is 63.2 Å². The fourth-order valence-electron chi connectivity index (χ4n) is 2.68. The molecule has 0 radical (unpaired) electrons. The molecule has 0 bridgehead atoms. The van der Waals surface area contributed by atoms with Gasteiger partial charge in [0.1, 0.15) is 12.4 Å². The van der Waals surface area contributed by atoms with Crippen LogP contribution >= 0.6 is 0 Å². The summed E-state index contributed by atoms with van der Waals surface area (Å²) in [6, 6.07) is 19.5. The molecule has 1 heterocycles. The molecule has 0 atom stereocenters. The van der Waals surface area contributed by atoms with E-state index in [2.05, 4.69) is 28.6 Å². The smallest absolute Gasteiger partial charge is 0.413 e. The van der Waals surface area contributed by atoms with Crippen molar-refractivity contribution in [1.29, 1.82) is 0 Å². The molecule has 3 aromatic rings. The highest BCUT2D eigenvalue weighted by Gasteiger charge is 2.11. The minimum absolute atomic E-state index is 0.214. The largest absolute Gasteiger partial charge is 0.444 e. The first-order chi connectivity index (χ1) is 12.7. The van der Waals surface area contributed by atoms with E-state index in [9.17, 15) is 4.79 Å². The fourth-order valence-corrected chi connectivity index (χ4v) is 2.68.